The Morgan fingerprint density at radius 3 is 2.63 bits per heavy atom. The van der Waals surface area contributed by atoms with Crippen LogP contribution >= 0.6 is 11.6 Å². The van der Waals surface area contributed by atoms with Crippen LogP contribution in [0.3, 0.4) is 0 Å². The maximum absolute atomic E-state index is 11.4. The number of aryl methyl sites for hydroxylation is 1. The second-order valence-corrected chi connectivity index (χ2v) is 7.28. The molecule has 30 heavy (non-hydrogen) atoms. The normalized spacial score (nSPS) is 10.7. The number of carboxylic acids is 1. The number of aromatic nitrogens is 2. The first-order chi connectivity index (χ1) is 14.5. The van der Waals surface area contributed by atoms with Crippen LogP contribution < -0.4 is 4.74 Å². The van der Waals surface area contributed by atoms with Crippen LogP contribution in [-0.4, -0.2) is 20.6 Å². The summed E-state index contributed by atoms with van der Waals surface area (Å²) in [5, 5.41) is 9.92. The van der Waals surface area contributed by atoms with Crippen molar-refractivity contribution >= 4 is 17.6 Å². The van der Waals surface area contributed by atoms with E-state index >= 15 is 0 Å². The molecule has 150 valence electrons. The van der Waals surface area contributed by atoms with Gasteiger partial charge in [-0.2, -0.15) is 0 Å². The van der Waals surface area contributed by atoms with E-state index in [9.17, 15) is 9.90 Å². The minimum atomic E-state index is -1.02. The third kappa shape index (κ3) is 4.07. The van der Waals surface area contributed by atoms with Crippen molar-refractivity contribution in [2.75, 3.05) is 0 Å². The average molecular weight is 419 g/mol. The summed E-state index contributed by atoms with van der Waals surface area (Å²) < 4.78 is 8.06. The molecular weight excluding hydrogens is 400 g/mol. The van der Waals surface area contributed by atoms with Gasteiger partial charge in [-0.1, -0.05) is 41.9 Å². The van der Waals surface area contributed by atoms with Crippen LogP contribution in [0, 0.1) is 6.92 Å². The van der Waals surface area contributed by atoms with Gasteiger partial charge in [0.05, 0.1) is 23.1 Å². The van der Waals surface area contributed by atoms with E-state index in [2.05, 4.69) is 4.98 Å². The highest BCUT2D eigenvalue weighted by atomic mass is 35.5. The second kappa shape index (κ2) is 8.43. The molecule has 4 rings (SSSR count). The van der Waals surface area contributed by atoms with Crippen molar-refractivity contribution in [1.82, 2.24) is 9.55 Å². The summed E-state index contributed by atoms with van der Waals surface area (Å²) >= 11 is 6.30. The lowest BCUT2D eigenvalue weighted by Gasteiger charge is -2.16. The smallest absolute Gasteiger partial charge is 0.337 e. The minimum Gasteiger partial charge on any atom is -0.488 e. The van der Waals surface area contributed by atoms with E-state index in [0.717, 1.165) is 22.5 Å². The standard InChI is InChI=1S/C24H19ClN2O3/c1-16-7-9-22(27(16)20-11-18(24(28)29)13-26-14-20)21-12-19(25)8-10-23(21)30-15-17-5-3-2-4-6-17/h2-14H,15H2,1H3,(H,28,29). The highest BCUT2D eigenvalue weighted by Gasteiger charge is 2.16. The van der Waals surface area contributed by atoms with Gasteiger partial charge < -0.3 is 14.4 Å². The monoisotopic (exact) mass is 418 g/mol. The van der Waals surface area contributed by atoms with Crippen LogP contribution in [0.25, 0.3) is 16.9 Å². The molecule has 6 heteroatoms. The van der Waals surface area contributed by atoms with Gasteiger partial charge in [0.1, 0.15) is 12.4 Å². The number of pyridine rings is 1. The molecule has 0 aliphatic rings. The highest BCUT2D eigenvalue weighted by Crippen LogP contribution is 2.36. The molecule has 0 bridgehead atoms. The molecule has 0 spiro atoms. The number of nitrogens with zero attached hydrogens (tertiary/aromatic N) is 2. The number of halogens is 1. The summed E-state index contributed by atoms with van der Waals surface area (Å²) in [6, 6.07) is 20.9. The van der Waals surface area contributed by atoms with Crippen molar-refractivity contribution in [3.8, 4) is 22.7 Å². The summed E-state index contributed by atoms with van der Waals surface area (Å²) in [5.74, 6) is -0.338. The predicted octanol–water partition coefficient (Wildman–Crippen LogP) is 5.78. The fourth-order valence-electron chi connectivity index (χ4n) is 3.32. The highest BCUT2D eigenvalue weighted by molar-refractivity contribution is 6.31. The molecule has 0 unspecified atom stereocenters. The largest absolute Gasteiger partial charge is 0.488 e. The van der Waals surface area contributed by atoms with E-state index in [1.54, 1.807) is 18.3 Å². The van der Waals surface area contributed by atoms with Gasteiger partial charge in [-0.05, 0) is 48.9 Å². The van der Waals surface area contributed by atoms with Gasteiger partial charge in [-0.15, -0.1) is 0 Å². The lowest BCUT2D eigenvalue weighted by molar-refractivity contribution is 0.0696. The van der Waals surface area contributed by atoms with E-state index < -0.39 is 5.97 Å². The van der Waals surface area contributed by atoms with Gasteiger partial charge in [0.2, 0.25) is 0 Å². The number of carbonyl (C=O) groups is 1. The number of benzene rings is 2. The third-order valence-corrected chi connectivity index (χ3v) is 4.99. The molecule has 5 nitrogen and oxygen atoms in total. The number of rotatable bonds is 6. The van der Waals surface area contributed by atoms with Crippen molar-refractivity contribution in [3.63, 3.8) is 0 Å². The lowest BCUT2D eigenvalue weighted by Crippen LogP contribution is -2.04. The average Bonchev–Trinajstić information content (AvgIpc) is 3.15. The summed E-state index contributed by atoms with van der Waals surface area (Å²) in [6.07, 6.45) is 2.97. The molecule has 1 N–H and O–H groups in total. The maximum atomic E-state index is 11.4. The van der Waals surface area contributed by atoms with Gasteiger partial charge in [0.15, 0.2) is 0 Å². The molecule has 0 amide bonds. The van der Waals surface area contributed by atoms with Gasteiger partial charge in [-0.3, -0.25) is 4.98 Å². The van der Waals surface area contributed by atoms with E-state index in [1.807, 2.05) is 66.1 Å². The molecule has 2 aromatic heterocycles. The molecule has 0 saturated carbocycles. The Labute approximate surface area is 179 Å². The van der Waals surface area contributed by atoms with Gasteiger partial charge in [0.25, 0.3) is 0 Å². The van der Waals surface area contributed by atoms with E-state index in [1.165, 1.54) is 6.20 Å². The van der Waals surface area contributed by atoms with Gasteiger partial charge >= 0.3 is 5.97 Å². The van der Waals surface area contributed by atoms with Crippen LogP contribution in [0.2, 0.25) is 5.02 Å². The number of carboxylic acid groups (broad SMARTS) is 1. The van der Waals surface area contributed by atoms with Crippen molar-refractivity contribution in [1.29, 1.82) is 0 Å². The fourth-order valence-corrected chi connectivity index (χ4v) is 3.49. The molecule has 0 aliphatic heterocycles. The van der Waals surface area contributed by atoms with Crippen LogP contribution in [0.1, 0.15) is 21.6 Å². The van der Waals surface area contributed by atoms with E-state index in [-0.39, 0.29) is 5.56 Å². The van der Waals surface area contributed by atoms with E-state index in [0.29, 0.717) is 23.1 Å². The molecule has 4 aromatic rings. The molecular formula is C24H19ClN2O3. The Bertz CT molecular complexity index is 1200. The summed E-state index contributed by atoms with van der Waals surface area (Å²) in [7, 11) is 0. The van der Waals surface area contributed by atoms with Gasteiger partial charge in [0, 0.05) is 22.5 Å². The zero-order valence-electron chi connectivity index (χ0n) is 16.2. The molecule has 0 fully saturated rings. The topological polar surface area (TPSA) is 64.4 Å². The molecule has 0 atom stereocenters. The molecule has 0 saturated heterocycles. The first-order valence-corrected chi connectivity index (χ1v) is 9.74. The van der Waals surface area contributed by atoms with Gasteiger partial charge in [-0.25, -0.2) is 4.79 Å². The Morgan fingerprint density at radius 2 is 1.87 bits per heavy atom. The first-order valence-electron chi connectivity index (χ1n) is 9.36. The number of hydrogen-bond donors (Lipinski definition) is 1. The van der Waals surface area contributed by atoms with Crippen molar-refractivity contribution in [3.05, 3.63) is 101 Å². The summed E-state index contributed by atoms with van der Waals surface area (Å²) in [5.41, 5.74) is 4.42. The van der Waals surface area contributed by atoms with Crippen LogP contribution in [-0.2, 0) is 6.61 Å². The molecule has 2 heterocycles. The Balaban J connectivity index is 1.77. The minimum absolute atomic E-state index is 0.123. The van der Waals surface area contributed by atoms with Crippen LogP contribution in [0.5, 0.6) is 5.75 Å². The Hall–Kier alpha value is -3.57. The third-order valence-electron chi connectivity index (χ3n) is 4.76. The molecule has 0 radical (unpaired) electrons. The van der Waals surface area contributed by atoms with Crippen molar-refractivity contribution in [2.45, 2.75) is 13.5 Å². The van der Waals surface area contributed by atoms with Crippen molar-refractivity contribution in [2.24, 2.45) is 0 Å². The quantitative estimate of drug-likeness (QED) is 0.431. The van der Waals surface area contributed by atoms with E-state index in [4.69, 9.17) is 16.3 Å². The second-order valence-electron chi connectivity index (χ2n) is 6.85. The zero-order valence-corrected chi connectivity index (χ0v) is 17.0. The number of aromatic carboxylic acids is 1. The van der Waals surface area contributed by atoms with Crippen LogP contribution in [0.15, 0.2) is 79.1 Å². The molecule has 0 aliphatic carbocycles. The lowest BCUT2D eigenvalue weighted by atomic mass is 10.1. The summed E-state index contributed by atoms with van der Waals surface area (Å²) in [4.78, 5) is 15.5. The Morgan fingerprint density at radius 1 is 1.07 bits per heavy atom. The Kier molecular flexibility index (Phi) is 5.55. The number of ether oxygens (including phenoxy) is 1. The first kappa shape index (κ1) is 19.7. The fraction of sp³-hybridized carbons (Fsp3) is 0.0833. The zero-order chi connectivity index (χ0) is 21.1. The SMILES string of the molecule is Cc1ccc(-c2cc(Cl)ccc2OCc2ccccc2)n1-c1cncc(C(=O)O)c1. The van der Waals surface area contributed by atoms with Crippen LogP contribution in [0.4, 0.5) is 0 Å². The number of hydrogen-bond acceptors (Lipinski definition) is 3. The molecule has 2 aromatic carbocycles. The van der Waals surface area contributed by atoms with Crippen molar-refractivity contribution < 1.29 is 14.6 Å². The predicted molar refractivity (Wildman–Crippen MR) is 116 cm³/mol. The maximum Gasteiger partial charge on any atom is 0.337 e. The summed E-state index contributed by atoms with van der Waals surface area (Å²) in [6.45, 7) is 2.37.